The van der Waals surface area contributed by atoms with Crippen molar-refractivity contribution in [2.45, 2.75) is 84.9 Å². The zero-order valence-corrected chi connectivity index (χ0v) is 26.1. The molecule has 3 rings (SSSR count). The molecule has 43 heavy (non-hydrogen) atoms. The Morgan fingerprint density at radius 3 is 2.16 bits per heavy atom. The number of ether oxygens (including phenoxy) is 1. The lowest BCUT2D eigenvalue weighted by Crippen LogP contribution is -2.54. The average Bonchev–Trinajstić information content (AvgIpc) is 2.96. The molecule has 0 radical (unpaired) electrons. The maximum absolute atomic E-state index is 13.1. The molecule has 0 aliphatic rings. The summed E-state index contributed by atoms with van der Waals surface area (Å²) in [4.78, 5) is 37.4. The van der Waals surface area contributed by atoms with Crippen molar-refractivity contribution in [3.63, 3.8) is 0 Å². The van der Waals surface area contributed by atoms with E-state index in [1.807, 2.05) is 76.2 Å². The number of aryl methyl sites for hydroxylation is 2. The number of benzene rings is 3. The molecule has 0 aliphatic carbocycles. The first-order valence-electron chi connectivity index (χ1n) is 15.1. The first-order chi connectivity index (χ1) is 20.4. The van der Waals surface area contributed by atoms with Crippen LogP contribution in [0.4, 0.5) is 0 Å². The number of nitrogens with one attached hydrogen (secondary N) is 2. The molecule has 0 fully saturated rings. The van der Waals surface area contributed by atoms with Gasteiger partial charge in [-0.3, -0.25) is 14.4 Å². The van der Waals surface area contributed by atoms with E-state index in [0.717, 1.165) is 18.4 Å². The molecule has 3 atom stereocenters. The molecule has 0 saturated heterocycles. The van der Waals surface area contributed by atoms with Crippen LogP contribution < -0.4 is 10.6 Å². The number of carboxylic acids is 1. The summed E-state index contributed by atoms with van der Waals surface area (Å²) in [6.07, 6.45) is 1.54. The van der Waals surface area contributed by atoms with Gasteiger partial charge in [0, 0.05) is 6.42 Å². The predicted octanol–water partition coefficient (Wildman–Crippen LogP) is 6.64. The monoisotopic (exact) mass is 586 g/mol. The van der Waals surface area contributed by atoms with Crippen molar-refractivity contribution in [3.05, 3.63) is 95.6 Å². The molecule has 0 aromatic heterocycles. The van der Waals surface area contributed by atoms with Crippen LogP contribution in [0.15, 0.2) is 78.9 Å². The molecule has 0 aliphatic heterocycles. The zero-order valence-electron chi connectivity index (χ0n) is 26.1. The molecule has 2 amide bonds. The second kappa shape index (κ2) is 16.0. The Labute approximate surface area is 256 Å². The van der Waals surface area contributed by atoms with Gasteiger partial charge in [-0.05, 0) is 66.3 Å². The summed E-state index contributed by atoms with van der Waals surface area (Å²) < 4.78 is 5.87. The van der Waals surface area contributed by atoms with E-state index in [0.29, 0.717) is 6.42 Å². The number of aliphatic carboxylic acids is 1. The molecule has 0 spiro atoms. The van der Waals surface area contributed by atoms with E-state index in [4.69, 9.17) is 4.74 Å². The van der Waals surface area contributed by atoms with Crippen molar-refractivity contribution in [2.24, 2.45) is 5.41 Å². The molecule has 7 nitrogen and oxygen atoms in total. The van der Waals surface area contributed by atoms with Crippen LogP contribution in [0.25, 0.3) is 11.1 Å². The van der Waals surface area contributed by atoms with Crippen LogP contribution in [-0.2, 0) is 25.5 Å². The van der Waals surface area contributed by atoms with Gasteiger partial charge in [0.1, 0.15) is 6.04 Å². The number of carboxylic acid groups (broad SMARTS) is 1. The topological polar surface area (TPSA) is 105 Å². The van der Waals surface area contributed by atoms with Gasteiger partial charge in [-0.2, -0.15) is 0 Å². The van der Waals surface area contributed by atoms with Gasteiger partial charge in [-0.1, -0.05) is 99.6 Å². The molecule has 0 saturated carbocycles. The number of hydrogen-bond donors (Lipinski definition) is 3. The van der Waals surface area contributed by atoms with Crippen molar-refractivity contribution in [1.82, 2.24) is 10.6 Å². The number of carbonyl (C=O) groups excluding carboxylic acids is 2. The first-order valence-corrected chi connectivity index (χ1v) is 15.1. The molecule has 3 aromatic rings. The average molecular weight is 587 g/mol. The summed E-state index contributed by atoms with van der Waals surface area (Å²) in [6.45, 7) is 9.80. The fraction of sp³-hybridized carbons (Fsp3) is 0.417. The Bertz CT molecular complexity index is 1330. The number of carbonyl (C=O) groups is 3. The summed E-state index contributed by atoms with van der Waals surface area (Å²) in [6, 6.07) is 25.4. The van der Waals surface area contributed by atoms with Gasteiger partial charge in [0.15, 0.2) is 0 Å². The van der Waals surface area contributed by atoms with Crippen LogP contribution in [0.1, 0.15) is 76.1 Å². The quantitative estimate of drug-likeness (QED) is 0.185. The largest absolute Gasteiger partial charge is 0.481 e. The summed E-state index contributed by atoms with van der Waals surface area (Å²) in [7, 11) is 0. The second-order valence-corrected chi connectivity index (χ2v) is 12.3. The SMILES string of the molecule is Cc1cc(CCC[C@H](CC(=O)O)OCCC(=O)N[C@H](C(=O)N[C@H](C)c2ccccc2)C(C)(C)C)ccc1-c1ccccc1. The number of hydrogen-bond acceptors (Lipinski definition) is 4. The fourth-order valence-electron chi connectivity index (χ4n) is 5.14. The van der Waals surface area contributed by atoms with Gasteiger partial charge in [0.2, 0.25) is 11.8 Å². The third-order valence-electron chi connectivity index (χ3n) is 7.54. The van der Waals surface area contributed by atoms with Gasteiger partial charge in [0.25, 0.3) is 0 Å². The smallest absolute Gasteiger partial charge is 0.305 e. The van der Waals surface area contributed by atoms with Crippen molar-refractivity contribution >= 4 is 17.8 Å². The van der Waals surface area contributed by atoms with E-state index >= 15 is 0 Å². The van der Waals surface area contributed by atoms with Crippen molar-refractivity contribution in [1.29, 1.82) is 0 Å². The van der Waals surface area contributed by atoms with Crippen LogP contribution in [0.3, 0.4) is 0 Å². The highest BCUT2D eigenvalue weighted by Crippen LogP contribution is 2.25. The molecule has 0 unspecified atom stereocenters. The Hall–Kier alpha value is -3.97. The van der Waals surface area contributed by atoms with Gasteiger partial charge in [0.05, 0.1) is 25.2 Å². The molecular weight excluding hydrogens is 540 g/mol. The first kappa shape index (κ1) is 33.5. The molecular formula is C36H46N2O5. The lowest BCUT2D eigenvalue weighted by molar-refractivity contribution is -0.140. The summed E-state index contributed by atoms with van der Waals surface area (Å²) in [5.41, 5.74) is 5.24. The molecule has 3 N–H and O–H groups in total. The Balaban J connectivity index is 1.49. The maximum Gasteiger partial charge on any atom is 0.305 e. The predicted molar refractivity (Wildman–Crippen MR) is 171 cm³/mol. The highest BCUT2D eigenvalue weighted by atomic mass is 16.5. The molecule has 0 heterocycles. The Morgan fingerprint density at radius 1 is 0.907 bits per heavy atom. The Morgan fingerprint density at radius 2 is 1.56 bits per heavy atom. The van der Waals surface area contributed by atoms with E-state index < -0.39 is 23.5 Å². The minimum absolute atomic E-state index is 0.0321. The van der Waals surface area contributed by atoms with E-state index in [-0.39, 0.29) is 37.3 Å². The summed E-state index contributed by atoms with van der Waals surface area (Å²) >= 11 is 0. The van der Waals surface area contributed by atoms with E-state index in [2.05, 4.69) is 47.9 Å². The number of amides is 2. The van der Waals surface area contributed by atoms with Crippen LogP contribution in [0.5, 0.6) is 0 Å². The Kier molecular flexibility index (Phi) is 12.5. The van der Waals surface area contributed by atoms with Gasteiger partial charge < -0.3 is 20.5 Å². The van der Waals surface area contributed by atoms with E-state index in [1.165, 1.54) is 22.3 Å². The van der Waals surface area contributed by atoms with Crippen molar-refractivity contribution in [2.75, 3.05) is 6.61 Å². The normalized spacial score (nSPS) is 13.5. The van der Waals surface area contributed by atoms with E-state index in [9.17, 15) is 19.5 Å². The zero-order chi connectivity index (χ0) is 31.4. The minimum atomic E-state index is -0.936. The lowest BCUT2D eigenvalue weighted by atomic mass is 9.85. The number of rotatable bonds is 15. The van der Waals surface area contributed by atoms with Crippen molar-refractivity contribution in [3.8, 4) is 11.1 Å². The standard InChI is InChI=1S/C36H46N2O5/c1-25-23-27(19-20-31(25)29-16-10-7-11-17-29)13-12-18-30(24-33(40)41)43-22-21-32(39)38-34(36(3,4)5)35(42)37-26(2)28-14-8-6-9-15-28/h6-11,14-17,19-20,23,26,30,34H,12-13,18,21-22,24H2,1-5H3,(H,37,42)(H,38,39)(H,40,41)/t26-,30-,34-/m1/s1. The van der Waals surface area contributed by atoms with Crippen LogP contribution >= 0.6 is 0 Å². The highest BCUT2D eigenvalue weighted by Gasteiger charge is 2.33. The summed E-state index contributed by atoms with van der Waals surface area (Å²) in [5, 5.41) is 15.3. The second-order valence-electron chi connectivity index (χ2n) is 12.3. The van der Waals surface area contributed by atoms with Gasteiger partial charge >= 0.3 is 5.97 Å². The van der Waals surface area contributed by atoms with Crippen LogP contribution in [0, 0.1) is 12.3 Å². The highest BCUT2D eigenvalue weighted by molar-refractivity contribution is 5.88. The van der Waals surface area contributed by atoms with Crippen LogP contribution in [0.2, 0.25) is 0 Å². The molecule has 0 bridgehead atoms. The minimum Gasteiger partial charge on any atom is -0.481 e. The lowest BCUT2D eigenvalue weighted by Gasteiger charge is -2.31. The van der Waals surface area contributed by atoms with Gasteiger partial charge in [-0.15, -0.1) is 0 Å². The third kappa shape index (κ3) is 11.0. The fourth-order valence-corrected chi connectivity index (χ4v) is 5.14. The summed E-state index contributed by atoms with van der Waals surface area (Å²) in [5.74, 6) is -1.51. The van der Waals surface area contributed by atoms with Crippen molar-refractivity contribution < 1.29 is 24.2 Å². The molecule has 230 valence electrons. The van der Waals surface area contributed by atoms with E-state index in [1.54, 1.807) is 0 Å². The van der Waals surface area contributed by atoms with Crippen LogP contribution in [-0.4, -0.2) is 41.6 Å². The third-order valence-corrected chi connectivity index (χ3v) is 7.54. The maximum atomic E-state index is 13.1. The molecule has 3 aromatic carbocycles. The van der Waals surface area contributed by atoms with Gasteiger partial charge in [-0.25, -0.2) is 0 Å². The molecule has 7 heteroatoms.